The normalized spacial score (nSPS) is 19.4. The minimum Gasteiger partial charge on any atom is -0.474 e. The molecule has 13 heteroatoms. The van der Waals surface area contributed by atoms with Gasteiger partial charge in [0.05, 0.1) is 37.8 Å². The number of aromatic nitrogens is 4. The van der Waals surface area contributed by atoms with E-state index in [2.05, 4.69) is 25.0 Å². The molecule has 0 unspecified atom stereocenters. The van der Waals surface area contributed by atoms with Crippen LogP contribution < -0.4 is 15.0 Å². The molecule has 208 valence electrons. The van der Waals surface area contributed by atoms with Gasteiger partial charge in [0.25, 0.3) is 6.43 Å². The van der Waals surface area contributed by atoms with Gasteiger partial charge in [0, 0.05) is 38.0 Å². The second-order valence-electron chi connectivity index (χ2n) is 9.45. The molecule has 0 spiro atoms. The fraction of sp³-hybridized carbons (Fsp3) is 0.500. The first-order chi connectivity index (χ1) is 18.9. The number of amides is 1. The van der Waals surface area contributed by atoms with Crippen LogP contribution >= 0.6 is 0 Å². The van der Waals surface area contributed by atoms with Crippen molar-refractivity contribution in [3.63, 3.8) is 0 Å². The number of morpholine rings is 1. The van der Waals surface area contributed by atoms with E-state index in [-0.39, 0.29) is 42.6 Å². The number of para-hydroxylation sites is 2. The molecule has 0 radical (unpaired) electrons. The van der Waals surface area contributed by atoms with Crippen LogP contribution in [0.3, 0.4) is 0 Å². The number of nitrogens with one attached hydrogen (secondary N) is 1. The maximum absolute atomic E-state index is 14.1. The number of nitrogens with zero attached hydrogens (tertiary/aromatic N) is 5. The van der Waals surface area contributed by atoms with Crippen molar-refractivity contribution in [2.24, 2.45) is 0 Å². The summed E-state index contributed by atoms with van der Waals surface area (Å²) in [5.41, 5.74) is 0.935. The first-order valence-electron chi connectivity index (χ1n) is 12.9. The van der Waals surface area contributed by atoms with E-state index in [0.29, 0.717) is 62.5 Å². The molecular formula is C26H30F2N6O5. The molecule has 1 saturated heterocycles. The maximum atomic E-state index is 14.1. The molecule has 3 heterocycles. The van der Waals surface area contributed by atoms with Gasteiger partial charge in [-0.2, -0.15) is 9.97 Å². The van der Waals surface area contributed by atoms with Crippen LogP contribution in [0, 0.1) is 0 Å². The zero-order valence-corrected chi connectivity index (χ0v) is 21.5. The molecule has 2 aromatic heterocycles. The van der Waals surface area contributed by atoms with E-state index in [1.54, 1.807) is 30.3 Å². The average molecular weight is 545 g/mol. The van der Waals surface area contributed by atoms with E-state index < -0.39 is 18.2 Å². The number of fused-ring (bicyclic) bond motifs is 1. The van der Waals surface area contributed by atoms with E-state index >= 15 is 0 Å². The topological polar surface area (TPSA) is 121 Å². The standard InChI is InChI=1S/C26H30F2N6O5/c1-37-23(36)9-8-21(35)29-16-6-7-17(14-16)39-22-15-20(31-26(32-22)33-10-12-38-13-11-33)34-19-5-3-2-4-18(19)30-25(34)24(27)28/h2-5,15-17,24H,6-14H2,1H3,(H,29,35)/t16-,17-/m0/s1. The number of hydrogen-bond acceptors (Lipinski definition) is 9. The van der Waals surface area contributed by atoms with Crippen molar-refractivity contribution in [3.8, 4) is 11.7 Å². The lowest BCUT2D eigenvalue weighted by atomic mass is 10.2. The second-order valence-corrected chi connectivity index (χ2v) is 9.45. The molecule has 1 aliphatic carbocycles. The third kappa shape index (κ3) is 6.24. The molecular weight excluding hydrogens is 514 g/mol. The van der Waals surface area contributed by atoms with Crippen LogP contribution in [0.25, 0.3) is 16.9 Å². The molecule has 1 aromatic carbocycles. The van der Waals surface area contributed by atoms with Crippen molar-refractivity contribution >= 4 is 28.9 Å². The van der Waals surface area contributed by atoms with E-state index in [1.807, 2.05) is 4.90 Å². The Morgan fingerprint density at radius 3 is 2.69 bits per heavy atom. The second kappa shape index (κ2) is 11.9. The van der Waals surface area contributed by atoms with Crippen LogP contribution in [0.2, 0.25) is 0 Å². The molecule has 3 aromatic rings. The van der Waals surface area contributed by atoms with E-state index in [1.165, 1.54) is 11.7 Å². The summed E-state index contributed by atoms with van der Waals surface area (Å²) in [4.78, 5) is 38.8. The lowest BCUT2D eigenvalue weighted by molar-refractivity contribution is -0.142. The lowest BCUT2D eigenvalue weighted by Crippen LogP contribution is -2.37. The molecule has 11 nitrogen and oxygen atoms in total. The van der Waals surface area contributed by atoms with Crippen LogP contribution in [0.1, 0.15) is 44.4 Å². The van der Waals surface area contributed by atoms with Crippen LogP contribution in [-0.4, -0.2) is 77.0 Å². The maximum Gasteiger partial charge on any atom is 0.306 e. The van der Waals surface area contributed by atoms with Gasteiger partial charge in [-0.15, -0.1) is 0 Å². The quantitative estimate of drug-likeness (QED) is 0.405. The van der Waals surface area contributed by atoms with Crippen LogP contribution in [0.4, 0.5) is 14.7 Å². The zero-order valence-electron chi connectivity index (χ0n) is 21.5. The third-order valence-corrected chi connectivity index (χ3v) is 6.80. The summed E-state index contributed by atoms with van der Waals surface area (Å²) >= 11 is 0. The highest BCUT2D eigenvalue weighted by molar-refractivity contribution is 5.81. The Morgan fingerprint density at radius 2 is 1.92 bits per heavy atom. The summed E-state index contributed by atoms with van der Waals surface area (Å²) in [7, 11) is 1.28. The summed E-state index contributed by atoms with van der Waals surface area (Å²) in [6.07, 6.45) is -1.07. The SMILES string of the molecule is COC(=O)CCC(=O)N[C@H]1CC[C@H](Oc2cc(-n3c(C(F)F)nc4ccccc43)nc(N3CCOCC3)n2)C1. The molecule has 2 fully saturated rings. The molecule has 2 atom stereocenters. The molecule has 1 aliphatic heterocycles. The number of halogens is 2. The number of hydrogen-bond donors (Lipinski definition) is 1. The summed E-state index contributed by atoms with van der Waals surface area (Å²) in [5, 5.41) is 2.93. The number of anilines is 1. The van der Waals surface area contributed by atoms with Crippen molar-refractivity contribution in [1.82, 2.24) is 24.8 Å². The van der Waals surface area contributed by atoms with Crippen molar-refractivity contribution in [2.75, 3.05) is 38.3 Å². The van der Waals surface area contributed by atoms with Crippen molar-refractivity contribution < 1.29 is 32.6 Å². The van der Waals surface area contributed by atoms with Gasteiger partial charge in [0.1, 0.15) is 11.9 Å². The summed E-state index contributed by atoms with van der Waals surface area (Å²) in [5.74, 6) is -0.234. The minimum atomic E-state index is -2.82. The van der Waals surface area contributed by atoms with Gasteiger partial charge in [0.15, 0.2) is 5.82 Å². The first kappa shape index (κ1) is 26.7. The molecule has 5 rings (SSSR count). The van der Waals surface area contributed by atoms with Crippen molar-refractivity contribution in [2.45, 2.75) is 50.7 Å². The van der Waals surface area contributed by atoms with Gasteiger partial charge in [-0.3, -0.25) is 14.2 Å². The third-order valence-electron chi connectivity index (χ3n) is 6.80. The Kier molecular flexibility index (Phi) is 8.15. The Balaban J connectivity index is 1.39. The molecule has 1 saturated carbocycles. The number of methoxy groups -OCH3 is 1. The number of benzene rings is 1. The average Bonchev–Trinajstić information content (AvgIpc) is 3.56. The first-order valence-corrected chi connectivity index (χ1v) is 12.9. The molecule has 2 aliphatic rings. The van der Waals surface area contributed by atoms with Gasteiger partial charge in [0.2, 0.25) is 17.7 Å². The van der Waals surface area contributed by atoms with Gasteiger partial charge in [-0.1, -0.05) is 12.1 Å². The Bertz CT molecular complexity index is 1330. The molecule has 39 heavy (non-hydrogen) atoms. The molecule has 1 N–H and O–H groups in total. The number of ether oxygens (including phenoxy) is 3. The van der Waals surface area contributed by atoms with Gasteiger partial charge in [-0.05, 0) is 25.0 Å². The van der Waals surface area contributed by atoms with Crippen LogP contribution in [-0.2, 0) is 19.1 Å². The van der Waals surface area contributed by atoms with Gasteiger partial charge >= 0.3 is 5.97 Å². The number of imidazole rings is 1. The van der Waals surface area contributed by atoms with Crippen LogP contribution in [0.5, 0.6) is 5.88 Å². The van der Waals surface area contributed by atoms with Crippen molar-refractivity contribution in [3.05, 3.63) is 36.2 Å². The predicted molar refractivity (Wildman–Crippen MR) is 136 cm³/mol. The summed E-state index contributed by atoms with van der Waals surface area (Å²) < 4.78 is 45.7. The number of carbonyl (C=O) groups excluding carboxylic acids is 2. The van der Waals surface area contributed by atoms with E-state index in [9.17, 15) is 18.4 Å². The highest BCUT2D eigenvalue weighted by Gasteiger charge is 2.29. The minimum absolute atomic E-state index is 0.0204. The molecule has 0 bridgehead atoms. The largest absolute Gasteiger partial charge is 0.474 e. The lowest BCUT2D eigenvalue weighted by Gasteiger charge is -2.27. The number of rotatable bonds is 9. The smallest absolute Gasteiger partial charge is 0.306 e. The zero-order chi connectivity index (χ0) is 27.4. The van der Waals surface area contributed by atoms with Gasteiger partial charge < -0.3 is 24.4 Å². The Morgan fingerprint density at radius 1 is 1.13 bits per heavy atom. The highest BCUT2D eigenvalue weighted by atomic mass is 19.3. The number of esters is 1. The van der Waals surface area contributed by atoms with Crippen molar-refractivity contribution in [1.29, 1.82) is 0 Å². The summed E-state index contributed by atoms with van der Waals surface area (Å²) in [6, 6.07) is 8.34. The predicted octanol–water partition coefficient (Wildman–Crippen LogP) is 2.96. The number of carbonyl (C=O) groups is 2. The van der Waals surface area contributed by atoms with E-state index in [4.69, 9.17) is 9.47 Å². The fourth-order valence-electron chi connectivity index (χ4n) is 4.88. The van der Waals surface area contributed by atoms with Crippen LogP contribution in [0.15, 0.2) is 30.3 Å². The van der Waals surface area contributed by atoms with E-state index in [0.717, 1.165) is 0 Å². The monoisotopic (exact) mass is 544 g/mol. The summed E-state index contributed by atoms with van der Waals surface area (Å²) in [6.45, 7) is 2.11. The molecule has 1 amide bonds. The Labute approximate surface area is 223 Å². The number of alkyl halides is 2. The fourth-order valence-corrected chi connectivity index (χ4v) is 4.88. The highest BCUT2D eigenvalue weighted by Crippen LogP contribution is 2.31. The van der Waals surface area contributed by atoms with Gasteiger partial charge in [-0.25, -0.2) is 13.8 Å². The Hall–Kier alpha value is -3.87.